The quantitative estimate of drug-likeness (QED) is 0.365. The maximum absolute atomic E-state index is 3.89. The van der Waals surface area contributed by atoms with Crippen molar-refractivity contribution in [3.05, 3.63) is 6.92 Å². The molecule has 1 atom stereocenters. The Hall–Kier alpha value is 0.730. The van der Waals surface area contributed by atoms with Crippen molar-refractivity contribution in [3.63, 3.8) is 0 Å². The summed E-state index contributed by atoms with van der Waals surface area (Å²) in [6.45, 7) is 6.15. The SMILES string of the molecule is [CH2]CC(I)CCCCCCC. The molecule has 0 rings (SSSR count). The fraction of sp³-hybridized carbons (Fsp3) is 0.900. The van der Waals surface area contributed by atoms with Crippen LogP contribution in [0.25, 0.3) is 0 Å². The van der Waals surface area contributed by atoms with Gasteiger partial charge in [0.1, 0.15) is 0 Å². The van der Waals surface area contributed by atoms with Crippen LogP contribution in [0.4, 0.5) is 0 Å². The zero-order valence-corrected chi connectivity index (χ0v) is 9.77. The molecule has 0 bridgehead atoms. The fourth-order valence-electron chi connectivity index (χ4n) is 1.11. The molecule has 1 unspecified atom stereocenters. The first-order valence-electron chi connectivity index (χ1n) is 4.74. The molecule has 0 aliphatic carbocycles. The second-order valence-electron chi connectivity index (χ2n) is 3.09. The Balaban J connectivity index is 2.89. The molecule has 0 aliphatic heterocycles. The number of alkyl halides is 1. The van der Waals surface area contributed by atoms with E-state index in [1.807, 2.05) is 0 Å². The average Bonchev–Trinajstić information content (AvgIpc) is 2.04. The maximum Gasteiger partial charge on any atom is 0.0110 e. The molecule has 0 aromatic carbocycles. The molecule has 0 aliphatic rings. The zero-order chi connectivity index (χ0) is 8.53. The third-order valence-electron chi connectivity index (χ3n) is 1.93. The van der Waals surface area contributed by atoms with E-state index in [-0.39, 0.29) is 0 Å². The molecule has 0 fully saturated rings. The van der Waals surface area contributed by atoms with Gasteiger partial charge in [-0.2, -0.15) is 0 Å². The van der Waals surface area contributed by atoms with E-state index in [1.165, 1.54) is 38.5 Å². The Labute approximate surface area is 85.3 Å². The Bertz CT molecular complexity index is 71.3. The van der Waals surface area contributed by atoms with Gasteiger partial charge < -0.3 is 0 Å². The molecule has 0 aromatic heterocycles. The topological polar surface area (TPSA) is 0 Å². The van der Waals surface area contributed by atoms with Crippen LogP contribution in [-0.4, -0.2) is 3.92 Å². The number of hydrogen-bond acceptors (Lipinski definition) is 0. The summed E-state index contributed by atoms with van der Waals surface area (Å²) in [6, 6.07) is 0. The average molecular weight is 267 g/mol. The van der Waals surface area contributed by atoms with Crippen LogP contribution < -0.4 is 0 Å². The van der Waals surface area contributed by atoms with Crippen molar-refractivity contribution in [3.8, 4) is 0 Å². The van der Waals surface area contributed by atoms with Gasteiger partial charge in [0.05, 0.1) is 0 Å². The smallest absolute Gasteiger partial charge is 0.0110 e. The van der Waals surface area contributed by atoms with Crippen LogP contribution in [0, 0.1) is 6.92 Å². The van der Waals surface area contributed by atoms with E-state index in [2.05, 4.69) is 36.4 Å². The van der Waals surface area contributed by atoms with Crippen LogP contribution in [0.5, 0.6) is 0 Å². The van der Waals surface area contributed by atoms with E-state index in [1.54, 1.807) is 0 Å². The van der Waals surface area contributed by atoms with Gasteiger partial charge >= 0.3 is 0 Å². The molecule has 0 saturated heterocycles. The van der Waals surface area contributed by atoms with E-state index in [0.717, 1.165) is 10.3 Å². The molecule has 1 heteroatoms. The van der Waals surface area contributed by atoms with Crippen molar-refractivity contribution in [1.29, 1.82) is 0 Å². The van der Waals surface area contributed by atoms with E-state index in [4.69, 9.17) is 0 Å². The Kier molecular flexibility index (Phi) is 9.41. The molecule has 0 amide bonds. The maximum atomic E-state index is 3.89. The molecule has 0 spiro atoms. The van der Waals surface area contributed by atoms with Crippen molar-refractivity contribution >= 4 is 22.6 Å². The highest BCUT2D eigenvalue weighted by Gasteiger charge is 1.98. The molecular weight excluding hydrogens is 247 g/mol. The predicted molar refractivity (Wildman–Crippen MR) is 61.2 cm³/mol. The normalized spacial score (nSPS) is 13.4. The summed E-state index contributed by atoms with van der Waals surface area (Å²) in [4.78, 5) is 0. The van der Waals surface area contributed by atoms with Crippen LogP contribution in [0.3, 0.4) is 0 Å². The standard InChI is InChI=1S/C10H20I/c1-3-5-6-7-8-9-10(11)4-2/h10H,2-9H2,1H3. The molecule has 11 heavy (non-hydrogen) atoms. The third kappa shape index (κ3) is 8.64. The number of hydrogen-bond donors (Lipinski definition) is 0. The molecule has 0 heterocycles. The summed E-state index contributed by atoms with van der Waals surface area (Å²) in [7, 11) is 0. The summed E-state index contributed by atoms with van der Waals surface area (Å²) >= 11 is 2.50. The lowest BCUT2D eigenvalue weighted by atomic mass is 10.1. The lowest BCUT2D eigenvalue weighted by Gasteiger charge is -2.04. The number of rotatable bonds is 7. The third-order valence-corrected chi connectivity index (χ3v) is 3.18. The van der Waals surface area contributed by atoms with Gasteiger partial charge in [-0.25, -0.2) is 0 Å². The van der Waals surface area contributed by atoms with Gasteiger partial charge in [0.25, 0.3) is 0 Å². The molecule has 67 valence electrons. The number of halogens is 1. The van der Waals surface area contributed by atoms with Gasteiger partial charge in [0.15, 0.2) is 0 Å². The lowest BCUT2D eigenvalue weighted by Crippen LogP contribution is -1.94. The summed E-state index contributed by atoms with van der Waals surface area (Å²) in [5.74, 6) is 0. The Morgan fingerprint density at radius 2 is 1.82 bits per heavy atom. The van der Waals surface area contributed by atoms with E-state index in [0.29, 0.717) is 0 Å². The van der Waals surface area contributed by atoms with Crippen LogP contribution in [0.2, 0.25) is 0 Å². The van der Waals surface area contributed by atoms with Crippen molar-refractivity contribution in [2.75, 3.05) is 0 Å². The summed E-state index contributed by atoms with van der Waals surface area (Å²) < 4.78 is 0.814. The fourth-order valence-corrected chi connectivity index (χ4v) is 1.55. The second kappa shape index (κ2) is 8.82. The minimum absolute atomic E-state index is 0.814. The van der Waals surface area contributed by atoms with Gasteiger partial charge in [0, 0.05) is 3.92 Å². The van der Waals surface area contributed by atoms with Gasteiger partial charge in [-0.15, -0.1) is 0 Å². The molecule has 0 aromatic rings. The highest BCUT2D eigenvalue weighted by molar-refractivity contribution is 14.1. The summed E-state index contributed by atoms with van der Waals surface area (Å²) in [6.07, 6.45) is 9.48. The monoisotopic (exact) mass is 267 g/mol. The van der Waals surface area contributed by atoms with Crippen LogP contribution in [-0.2, 0) is 0 Å². The Morgan fingerprint density at radius 1 is 1.18 bits per heavy atom. The van der Waals surface area contributed by atoms with Crippen molar-refractivity contribution in [2.45, 2.75) is 55.8 Å². The van der Waals surface area contributed by atoms with E-state index in [9.17, 15) is 0 Å². The minimum Gasteiger partial charge on any atom is -0.0826 e. The van der Waals surface area contributed by atoms with E-state index >= 15 is 0 Å². The molecule has 0 nitrogen and oxygen atoms in total. The lowest BCUT2D eigenvalue weighted by molar-refractivity contribution is 0.603. The Morgan fingerprint density at radius 3 is 2.36 bits per heavy atom. The van der Waals surface area contributed by atoms with Gasteiger partial charge in [-0.05, 0) is 12.8 Å². The summed E-state index contributed by atoms with van der Waals surface area (Å²) in [5, 5.41) is 0. The first kappa shape index (κ1) is 11.7. The number of unbranched alkanes of at least 4 members (excludes halogenated alkanes) is 4. The van der Waals surface area contributed by atoms with Crippen LogP contribution in [0.1, 0.15) is 51.9 Å². The highest BCUT2D eigenvalue weighted by atomic mass is 127. The highest BCUT2D eigenvalue weighted by Crippen LogP contribution is 2.15. The molecule has 0 N–H and O–H groups in total. The first-order chi connectivity index (χ1) is 5.31. The van der Waals surface area contributed by atoms with Crippen molar-refractivity contribution in [1.82, 2.24) is 0 Å². The van der Waals surface area contributed by atoms with Crippen molar-refractivity contribution in [2.24, 2.45) is 0 Å². The van der Waals surface area contributed by atoms with Crippen molar-refractivity contribution < 1.29 is 0 Å². The predicted octanol–water partition coefficient (Wildman–Crippen LogP) is 4.37. The van der Waals surface area contributed by atoms with Crippen LogP contribution in [0.15, 0.2) is 0 Å². The van der Waals surface area contributed by atoms with Gasteiger partial charge in [-0.3, -0.25) is 0 Å². The first-order valence-corrected chi connectivity index (χ1v) is 5.99. The van der Waals surface area contributed by atoms with Gasteiger partial charge in [0.2, 0.25) is 0 Å². The molecular formula is C10H20I. The largest absolute Gasteiger partial charge is 0.0826 e. The summed E-state index contributed by atoms with van der Waals surface area (Å²) in [5.41, 5.74) is 0. The van der Waals surface area contributed by atoms with Gasteiger partial charge in [-0.1, -0.05) is 68.5 Å². The molecule has 1 radical (unpaired) electrons. The zero-order valence-electron chi connectivity index (χ0n) is 7.61. The minimum atomic E-state index is 0.814. The van der Waals surface area contributed by atoms with Crippen LogP contribution >= 0.6 is 22.6 Å². The van der Waals surface area contributed by atoms with E-state index < -0.39 is 0 Å². The second-order valence-corrected chi connectivity index (χ2v) is 4.85. The molecule has 0 saturated carbocycles.